The van der Waals surface area contributed by atoms with Crippen LogP contribution in [0.4, 0.5) is 5.69 Å². The molecular weight excluding hydrogens is 288 g/mol. The second-order valence-electron chi connectivity index (χ2n) is 2.43. The average molecular weight is 291 g/mol. The van der Waals surface area contributed by atoms with Gasteiger partial charge in [-0.15, -0.1) is 0 Å². The predicted octanol–water partition coefficient (Wildman–Crippen LogP) is 2.83. The van der Waals surface area contributed by atoms with E-state index in [-0.39, 0.29) is 10.0 Å². The summed E-state index contributed by atoms with van der Waals surface area (Å²) in [7, 11) is 0.962. The van der Waals surface area contributed by atoms with Crippen LogP contribution in [0, 0.1) is 10.1 Å². The van der Waals surface area contributed by atoms with E-state index in [4.69, 9.17) is 33.9 Å². The van der Waals surface area contributed by atoms with Crippen LogP contribution in [0.3, 0.4) is 0 Å². The van der Waals surface area contributed by atoms with Gasteiger partial charge in [-0.3, -0.25) is 10.1 Å². The van der Waals surface area contributed by atoms with E-state index in [2.05, 4.69) is 0 Å². The van der Waals surface area contributed by atoms with Crippen molar-refractivity contribution < 1.29 is 13.3 Å². The van der Waals surface area contributed by atoms with E-state index < -0.39 is 24.6 Å². The van der Waals surface area contributed by atoms with E-state index >= 15 is 0 Å². The van der Waals surface area contributed by atoms with Crippen LogP contribution in [0.2, 0.25) is 10.0 Å². The number of nitro groups is 1. The van der Waals surface area contributed by atoms with Crippen molar-refractivity contribution in [3.8, 4) is 0 Å². The summed E-state index contributed by atoms with van der Waals surface area (Å²) in [4.78, 5) is 9.18. The molecule has 0 saturated heterocycles. The Bertz CT molecular complexity index is 527. The fourth-order valence-corrected chi connectivity index (χ4v) is 2.66. The Morgan fingerprint density at radius 3 is 2.13 bits per heavy atom. The number of hydrogen-bond donors (Lipinski definition) is 0. The molecule has 0 aliphatic carbocycles. The molecule has 0 heterocycles. The number of halogens is 3. The van der Waals surface area contributed by atoms with Gasteiger partial charge in [0.25, 0.3) is 14.7 Å². The molecular formula is C6H2Cl3NO4S. The van der Waals surface area contributed by atoms with Crippen molar-refractivity contribution in [1.82, 2.24) is 0 Å². The van der Waals surface area contributed by atoms with Crippen LogP contribution in [0.5, 0.6) is 0 Å². The van der Waals surface area contributed by atoms with Crippen molar-refractivity contribution in [3.05, 3.63) is 32.3 Å². The van der Waals surface area contributed by atoms with Crippen LogP contribution < -0.4 is 0 Å². The van der Waals surface area contributed by atoms with Crippen LogP contribution in [-0.2, 0) is 9.05 Å². The van der Waals surface area contributed by atoms with Crippen molar-refractivity contribution in [2.75, 3.05) is 0 Å². The normalized spacial score (nSPS) is 11.4. The molecule has 0 fully saturated rings. The van der Waals surface area contributed by atoms with Crippen molar-refractivity contribution in [2.45, 2.75) is 4.90 Å². The first-order valence-corrected chi connectivity index (χ1v) is 6.38. The number of benzene rings is 1. The molecule has 0 aliphatic heterocycles. The summed E-state index contributed by atoms with van der Waals surface area (Å²) in [5, 5.41) is 9.72. The summed E-state index contributed by atoms with van der Waals surface area (Å²) in [6.45, 7) is 0. The average Bonchev–Trinajstić information content (AvgIpc) is 2.06. The van der Waals surface area contributed by atoms with Gasteiger partial charge in [-0.05, 0) is 6.07 Å². The van der Waals surface area contributed by atoms with E-state index in [1.165, 1.54) is 0 Å². The summed E-state index contributed by atoms with van der Waals surface area (Å²) in [6.07, 6.45) is 0. The molecule has 1 rings (SSSR count). The lowest BCUT2D eigenvalue weighted by Crippen LogP contribution is -1.95. The quantitative estimate of drug-likeness (QED) is 0.477. The molecule has 82 valence electrons. The lowest BCUT2D eigenvalue weighted by atomic mass is 10.3. The van der Waals surface area contributed by atoms with Gasteiger partial charge in [-0.1, -0.05) is 23.2 Å². The number of hydrogen-bond acceptors (Lipinski definition) is 4. The van der Waals surface area contributed by atoms with E-state index in [1.54, 1.807) is 0 Å². The first-order valence-electron chi connectivity index (χ1n) is 3.31. The van der Waals surface area contributed by atoms with Gasteiger partial charge >= 0.3 is 0 Å². The summed E-state index contributed by atoms with van der Waals surface area (Å²) >= 11 is 11.0. The molecule has 0 bridgehead atoms. The molecule has 5 nitrogen and oxygen atoms in total. The van der Waals surface area contributed by atoms with Crippen LogP contribution in [-0.4, -0.2) is 13.3 Å². The lowest BCUT2D eigenvalue weighted by Gasteiger charge is -2.01. The lowest BCUT2D eigenvalue weighted by molar-refractivity contribution is -0.384. The highest BCUT2D eigenvalue weighted by atomic mass is 35.7. The SMILES string of the molecule is O=[N+]([O-])c1cc(Cl)c(S(=O)(=O)Cl)cc1Cl. The standard InChI is InChI=1S/C6H2Cl3NO4S/c7-3-2-6(15(9,13)14)4(8)1-5(3)10(11)12/h1-2H. The van der Waals surface area contributed by atoms with E-state index in [1.807, 2.05) is 0 Å². The second kappa shape index (κ2) is 4.13. The van der Waals surface area contributed by atoms with E-state index in [0.717, 1.165) is 12.1 Å². The summed E-state index contributed by atoms with van der Waals surface area (Å²) < 4.78 is 21.9. The zero-order chi connectivity index (χ0) is 11.8. The molecule has 0 aromatic heterocycles. The number of rotatable bonds is 2. The van der Waals surface area contributed by atoms with Crippen molar-refractivity contribution in [2.24, 2.45) is 0 Å². The van der Waals surface area contributed by atoms with Crippen molar-refractivity contribution in [1.29, 1.82) is 0 Å². The van der Waals surface area contributed by atoms with Crippen molar-refractivity contribution in [3.63, 3.8) is 0 Å². The van der Waals surface area contributed by atoms with Crippen molar-refractivity contribution >= 4 is 48.6 Å². The summed E-state index contributed by atoms with van der Waals surface area (Å²) in [6, 6.07) is 1.67. The highest BCUT2D eigenvalue weighted by Crippen LogP contribution is 2.34. The molecule has 15 heavy (non-hydrogen) atoms. The molecule has 0 saturated carbocycles. The highest BCUT2D eigenvalue weighted by molar-refractivity contribution is 8.13. The Morgan fingerprint density at radius 1 is 1.20 bits per heavy atom. The number of nitrogens with zero attached hydrogens (tertiary/aromatic N) is 1. The van der Waals surface area contributed by atoms with Crippen LogP contribution in [0.15, 0.2) is 17.0 Å². The molecule has 0 unspecified atom stereocenters. The molecule has 9 heteroatoms. The maximum atomic E-state index is 10.9. The first kappa shape index (κ1) is 12.5. The topological polar surface area (TPSA) is 77.3 Å². The molecule has 0 aliphatic rings. The molecule has 0 spiro atoms. The predicted molar refractivity (Wildman–Crippen MR) is 56.2 cm³/mol. The van der Waals surface area contributed by atoms with Gasteiger partial charge in [-0.2, -0.15) is 0 Å². The third-order valence-electron chi connectivity index (χ3n) is 1.46. The van der Waals surface area contributed by atoms with Gasteiger partial charge in [0.05, 0.1) is 9.95 Å². The monoisotopic (exact) mass is 289 g/mol. The third-order valence-corrected chi connectivity index (χ3v) is 3.55. The fourth-order valence-electron chi connectivity index (χ4n) is 0.845. The second-order valence-corrected chi connectivity index (χ2v) is 5.78. The Morgan fingerprint density at radius 2 is 1.73 bits per heavy atom. The molecule has 1 aromatic carbocycles. The molecule has 0 radical (unpaired) electrons. The highest BCUT2D eigenvalue weighted by Gasteiger charge is 2.22. The van der Waals surface area contributed by atoms with Gasteiger partial charge in [0.15, 0.2) is 0 Å². The zero-order valence-electron chi connectivity index (χ0n) is 6.78. The van der Waals surface area contributed by atoms with Gasteiger partial charge in [-0.25, -0.2) is 8.42 Å². The Hall–Kier alpha value is -0.560. The first-order chi connectivity index (χ1) is 6.73. The largest absolute Gasteiger partial charge is 0.289 e. The van der Waals surface area contributed by atoms with Crippen LogP contribution in [0.1, 0.15) is 0 Å². The third kappa shape index (κ3) is 2.72. The van der Waals surface area contributed by atoms with E-state index in [9.17, 15) is 18.5 Å². The minimum Gasteiger partial charge on any atom is -0.258 e. The van der Waals surface area contributed by atoms with Gasteiger partial charge in [0.2, 0.25) is 0 Å². The van der Waals surface area contributed by atoms with E-state index in [0.29, 0.717) is 0 Å². The van der Waals surface area contributed by atoms with Crippen LogP contribution >= 0.6 is 33.9 Å². The fraction of sp³-hybridized carbons (Fsp3) is 0. The molecule has 0 atom stereocenters. The molecule has 0 N–H and O–H groups in total. The van der Waals surface area contributed by atoms with Crippen LogP contribution in [0.25, 0.3) is 0 Å². The summed E-state index contributed by atoms with van der Waals surface area (Å²) in [5.74, 6) is 0. The van der Waals surface area contributed by atoms with Gasteiger partial charge < -0.3 is 0 Å². The van der Waals surface area contributed by atoms with Gasteiger partial charge in [0, 0.05) is 16.7 Å². The minimum atomic E-state index is -4.07. The Labute approximate surface area is 99.1 Å². The minimum absolute atomic E-state index is 0.344. The maximum Gasteiger partial charge on any atom is 0.289 e. The zero-order valence-corrected chi connectivity index (χ0v) is 9.86. The Kier molecular flexibility index (Phi) is 3.44. The molecule has 1 aromatic rings. The maximum absolute atomic E-state index is 10.9. The molecule has 0 amide bonds. The van der Waals surface area contributed by atoms with Gasteiger partial charge in [0.1, 0.15) is 9.92 Å². The Balaban J connectivity index is 3.52. The summed E-state index contributed by atoms with van der Waals surface area (Å²) in [5.41, 5.74) is -0.481. The number of nitro benzene ring substituents is 1. The smallest absolute Gasteiger partial charge is 0.258 e.